The Bertz CT molecular complexity index is 766. The van der Waals surface area contributed by atoms with Crippen molar-refractivity contribution in [3.05, 3.63) is 45.6 Å². The molecule has 3 rings (SSSR count). The van der Waals surface area contributed by atoms with Crippen LogP contribution in [0, 0.1) is 0 Å². The number of carbonyl (C=O) groups excluding carboxylic acids is 2. The van der Waals surface area contributed by atoms with Gasteiger partial charge in [-0.3, -0.25) is 9.69 Å². The van der Waals surface area contributed by atoms with Gasteiger partial charge in [0.25, 0.3) is 0 Å². The molecular formula is C17H17ClN2O4S. The smallest absolute Gasteiger partial charge is 0.414 e. The average molecular weight is 381 g/mol. The van der Waals surface area contributed by atoms with Crippen LogP contribution in [-0.2, 0) is 16.0 Å². The maximum absolute atomic E-state index is 12.1. The SMILES string of the molecule is COc1ccc(N2CC(CNC(=O)Cc3cccs3)OC2=O)cc1Cl. The van der Waals surface area contributed by atoms with Gasteiger partial charge in [-0.15, -0.1) is 11.3 Å². The number of anilines is 1. The zero-order valence-electron chi connectivity index (χ0n) is 13.5. The van der Waals surface area contributed by atoms with Crippen LogP contribution in [0.3, 0.4) is 0 Å². The largest absolute Gasteiger partial charge is 0.495 e. The average Bonchev–Trinajstić information content (AvgIpc) is 3.22. The number of hydrogen-bond acceptors (Lipinski definition) is 5. The topological polar surface area (TPSA) is 67.9 Å². The molecule has 1 saturated heterocycles. The van der Waals surface area contributed by atoms with Crippen LogP contribution in [0.25, 0.3) is 0 Å². The lowest BCUT2D eigenvalue weighted by molar-refractivity contribution is -0.120. The molecular weight excluding hydrogens is 364 g/mol. The van der Waals surface area contributed by atoms with Crippen LogP contribution < -0.4 is 15.0 Å². The van der Waals surface area contributed by atoms with Crippen molar-refractivity contribution >= 4 is 40.6 Å². The number of methoxy groups -OCH3 is 1. The summed E-state index contributed by atoms with van der Waals surface area (Å²) >= 11 is 7.64. The number of nitrogens with zero attached hydrogens (tertiary/aromatic N) is 1. The van der Waals surface area contributed by atoms with Gasteiger partial charge in [0.2, 0.25) is 5.91 Å². The van der Waals surface area contributed by atoms with Gasteiger partial charge in [-0.05, 0) is 29.6 Å². The number of amides is 2. The van der Waals surface area contributed by atoms with Gasteiger partial charge in [0.15, 0.2) is 0 Å². The minimum Gasteiger partial charge on any atom is -0.495 e. The van der Waals surface area contributed by atoms with E-state index in [0.29, 0.717) is 29.4 Å². The Hall–Kier alpha value is -2.25. The lowest BCUT2D eigenvalue weighted by Gasteiger charge is -2.14. The molecule has 2 heterocycles. The number of benzene rings is 1. The van der Waals surface area contributed by atoms with Crippen LogP contribution in [0.5, 0.6) is 5.75 Å². The first-order valence-electron chi connectivity index (χ1n) is 7.67. The van der Waals surface area contributed by atoms with Gasteiger partial charge in [0.05, 0.1) is 31.6 Å². The third-order valence-corrected chi connectivity index (χ3v) is 4.93. The van der Waals surface area contributed by atoms with E-state index in [1.807, 2.05) is 17.5 Å². The Morgan fingerprint density at radius 3 is 3.00 bits per heavy atom. The van der Waals surface area contributed by atoms with E-state index in [9.17, 15) is 9.59 Å². The summed E-state index contributed by atoms with van der Waals surface area (Å²) in [6.07, 6.45) is -0.532. The summed E-state index contributed by atoms with van der Waals surface area (Å²) in [5.74, 6) is 0.444. The summed E-state index contributed by atoms with van der Waals surface area (Å²) in [5.41, 5.74) is 0.628. The van der Waals surface area contributed by atoms with Crippen LogP contribution in [-0.4, -0.2) is 38.3 Å². The van der Waals surface area contributed by atoms with Gasteiger partial charge in [-0.25, -0.2) is 4.79 Å². The molecule has 0 saturated carbocycles. The molecule has 0 bridgehead atoms. The third-order valence-electron chi connectivity index (χ3n) is 3.76. The molecule has 1 unspecified atom stereocenters. The predicted molar refractivity (Wildman–Crippen MR) is 96.7 cm³/mol. The summed E-state index contributed by atoms with van der Waals surface area (Å²) in [4.78, 5) is 26.5. The second-order valence-corrected chi connectivity index (χ2v) is 6.93. The van der Waals surface area contributed by atoms with Gasteiger partial charge in [-0.2, -0.15) is 0 Å². The van der Waals surface area contributed by atoms with E-state index in [0.717, 1.165) is 4.88 Å². The molecule has 132 valence electrons. The van der Waals surface area contributed by atoms with Crippen molar-refractivity contribution in [2.45, 2.75) is 12.5 Å². The molecule has 1 aliphatic heterocycles. The number of carbonyl (C=O) groups is 2. The van der Waals surface area contributed by atoms with Crippen molar-refractivity contribution in [3.8, 4) is 5.75 Å². The molecule has 0 radical (unpaired) electrons. The van der Waals surface area contributed by atoms with Gasteiger partial charge in [0.1, 0.15) is 11.9 Å². The van der Waals surface area contributed by atoms with E-state index in [1.54, 1.807) is 18.2 Å². The summed E-state index contributed by atoms with van der Waals surface area (Å²) in [7, 11) is 1.53. The fourth-order valence-electron chi connectivity index (χ4n) is 2.52. The molecule has 1 aliphatic rings. The maximum atomic E-state index is 12.1. The Kier molecular flexibility index (Phi) is 5.45. The van der Waals surface area contributed by atoms with Crippen LogP contribution in [0.2, 0.25) is 5.02 Å². The van der Waals surface area contributed by atoms with E-state index in [2.05, 4.69) is 5.32 Å². The lowest BCUT2D eigenvalue weighted by atomic mass is 10.2. The lowest BCUT2D eigenvalue weighted by Crippen LogP contribution is -2.35. The zero-order valence-corrected chi connectivity index (χ0v) is 15.1. The molecule has 6 nitrogen and oxygen atoms in total. The number of nitrogens with one attached hydrogen (secondary N) is 1. The minimum absolute atomic E-state index is 0.0931. The van der Waals surface area contributed by atoms with Crippen molar-refractivity contribution < 1.29 is 19.1 Å². The second kappa shape index (κ2) is 7.76. The van der Waals surface area contributed by atoms with E-state index in [4.69, 9.17) is 21.1 Å². The number of halogens is 1. The monoisotopic (exact) mass is 380 g/mol. The van der Waals surface area contributed by atoms with Crippen molar-refractivity contribution in [3.63, 3.8) is 0 Å². The van der Waals surface area contributed by atoms with Crippen molar-refractivity contribution in [1.82, 2.24) is 5.32 Å². The molecule has 25 heavy (non-hydrogen) atoms. The van der Waals surface area contributed by atoms with Crippen LogP contribution in [0.4, 0.5) is 10.5 Å². The van der Waals surface area contributed by atoms with Crippen molar-refractivity contribution in [2.24, 2.45) is 0 Å². The maximum Gasteiger partial charge on any atom is 0.414 e. The first kappa shape index (κ1) is 17.6. The Labute approximate surface area is 154 Å². The van der Waals surface area contributed by atoms with Gasteiger partial charge >= 0.3 is 6.09 Å². The molecule has 1 N–H and O–H groups in total. The number of thiophene rings is 1. The summed E-state index contributed by atoms with van der Waals surface area (Å²) in [5, 5.41) is 5.15. The highest BCUT2D eigenvalue weighted by molar-refractivity contribution is 7.10. The Morgan fingerprint density at radius 1 is 1.48 bits per heavy atom. The van der Waals surface area contributed by atoms with E-state index in [-0.39, 0.29) is 12.5 Å². The molecule has 2 amide bonds. The highest BCUT2D eigenvalue weighted by Gasteiger charge is 2.32. The van der Waals surface area contributed by atoms with Gasteiger partial charge in [0, 0.05) is 10.6 Å². The Balaban J connectivity index is 1.55. The predicted octanol–water partition coefficient (Wildman–Crippen LogP) is 3.09. The molecule has 0 aliphatic carbocycles. The van der Waals surface area contributed by atoms with E-state index in [1.165, 1.54) is 23.3 Å². The van der Waals surface area contributed by atoms with E-state index < -0.39 is 12.2 Å². The molecule has 1 fully saturated rings. The number of ether oxygens (including phenoxy) is 2. The van der Waals surface area contributed by atoms with Crippen molar-refractivity contribution in [2.75, 3.05) is 25.1 Å². The molecule has 0 spiro atoms. The fourth-order valence-corrected chi connectivity index (χ4v) is 3.48. The normalized spacial score (nSPS) is 16.6. The standard InChI is InChI=1S/C17H17ClN2O4S/c1-23-15-5-4-11(7-14(15)18)20-10-12(24-17(20)22)9-19-16(21)8-13-3-2-6-25-13/h2-7,12H,8-10H2,1H3,(H,19,21). The number of hydrogen-bond donors (Lipinski definition) is 1. The first-order chi connectivity index (χ1) is 12.1. The Morgan fingerprint density at radius 2 is 2.32 bits per heavy atom. The van der Waals surface area contributed by atoms with Crippen LogP contribution in [0.1, 0.15) is 4.88 Å². The molecule has 2 aromatic rings. The fraction of sp³-hybridized carbons (Fsp3) is 0.294. The van der Waals surface area contributed by atoms with E-state index >= 15 is 0 Å². The van der Waals surface area contributed by atoms with Crippen LogP contribution in [0.15, 0.2) is 35.7 Å². The molecule has 8 heteroatoms. The van der Waals surface area contributed by atoms with Crippen LogP contribution >= 0.6 is 22.9 Å². The molecule has 1 aromatic carbocycles. The van der Waals surface area contributed by atoms with Gasteiger partial charge in [-0.1, -0.05) is 17.7 Å². The summed E-state index contributed by atoms with van der Waals surface area (Å²) in [6.45, 7) is 0.622. The summed E-state index contributed by atoms with van der Waals surface area (Å²) < 4.78 is 10.4. The highest BCUT2D eigenvalue weighted by Crippen LogP contribution is 2.31. The molecule has 1 atom stereocenters. The zero-order chi connectivity index (χ0) is 17.8. The number of rotatable bonds is 6. The highest BCUT2D eigenvalue weighted by atomic mass is 35.5. The first-order valence-corrected chi connectivity index (χ1v) is 8.93. The summed E-state index contributed by atoms with van der Waals surface area (Å²) in [6, 6.07) is 8.91. The van der Waals surface area contributed by atoms with Crippen molar-refractivity contribution in [1.29, 1.82) is 0 Å². The second-order valence-electron chi connectivity index (χ2n) is 5.50. The quantitative estimate of drug-likeness (QED) is 0.836. The third kappa shape index (κ3) is 4.24. The van der Waals surface area contributed by atoms with Gasteiger partial charge < -0.3 is 14.8 Å². The number of cyclic esters (lactones) is 1. The minimum atomic E-state index is -0.460. The molecule has 1 aromatic heterocycles.